The van der Waals surface area contributed by atoms with E-state index in [1.807, 2.05) is 0 Å². The van der Waals surface area contributed by atoms with Gasteiger partial charge >= 0.3 is 22.2 Å². The lowest BCUT2D eigenvalue weighted by molar-refractivity contribution is -0.199. The summed E-state index contributed by atoms with van der Waals surface area (Å²) in [6.45, 7) is 2.38. The molecule has 3 rings (SSSR count). The molecule has 1 fully saturated rings. The summed E-state index contributed by atoms with van der Waals surface area (Å²) in [6, 6.07) is 0.563. The van der Waals surface area contributed by atoms with E-state index in [9.17, 15) is 35.2 Å². The van der Waals surface area contributed by atoms with Crippen molar-refractivity contribution in [2.24, 2.45) is 0 Å². The number of hydrogen-bond acceptors (Lipinski definition) is 8. The largest absolute Gasteiger partial charge is 0.493 e. The third-order valence-corrected chi connectivity index (χ3v) is 6.48. The molecule has 0 spiro atoms. The highest BCUT2D eigenvalue weighted by atomic mass is 32.2. The van der Waals surface area contributed by atoms with Gasteiger partial charge in [-0.15, -0.1) is 11.3 Å². The van der Waals surface area contributed by atoms with Gasteiger partial charge in [0.25, 0.3) is 0 Å². The molecule has 1 aliphatic heterocycles. The highest BCUT2D eigenvalue weighted by Gasteiger charge is 2.46. The number of hydrogen-bond donors (Lipinski definition) is 2. The number of carbonyl (C=O) groups excluding carboxylic acids is 1. The van der Waals surface area contributed by atoms with Gasteiger partial charge in [-0.25, -0.2) is 18.6 Å². The van der Waals surface area contributed by atoms with Crippen LogP contribution in [0.3, 0.4) is 0 Å². The summed E-state index contributed by atoms with van der Waals surface area (Å²) in [6.07, 6.45) is -4.91. The number of thiazole rings is 1. The van der Waals surface area contributed by atoms with E-state index in [1.54, 1.807) is 0 Å². The molecule has 1 aromatic heterocycles. The number of carbonyl (C=O) groups is 1. The Hall–Kier alpha value is -2.52. The first-order valence-electron chi connectivity index (χ1n) is 8.61. The van der Waals surface area contributed by atoms with Gasteiger partial charge in [-0.1, -0.05) is 4.47 Å². The molecule has 1 aliphatic rings. The number of alkyl halides is 3. The van der Waals surface area contributed by atoms with Gasteiger partial charge in [-0.3, -0.25) is 0 Å². The Morgan fingerprint density at radius 2 is 2.10 bits per heavy atom. The van der Waals surface area contributed by atoms with Crippen molar-refractivity contribution in [1.82, 2.24) is 10.3 Å². The van der Waals surface area contributed by atoms with Crippen molar-refractivity contribution in [3.63, 3.8) is 0 Å². The topological polar surface area (TPSA) is 101 Å². The Kier molecular flexibility index (Phi) is 6.38. The zero-order valence-electron chi connectivity index (χ0n) is 15.7. The van der Waals surface area contributed by atoms with Crippen molar-refractivity contribution in [1.29, 1.82) is 0 Å². The van der Waals surface area contributed by atoms with Crippen molar-refractivity contribution < 1.29 is 40.0 Å². The van der Waals surface area contributed by atoms with E-state index in [1.165, 1.54) is 6.92 Å². The molecular formula is C16H15F5N4O4S2. The highest BCUT2D eigenvalue weighted by Crippen LogP contribution is 2.33. The lowest BCUT2D eigenvalue weighted by atomic mass is 10.1. The van der Waals surface area contributed by atoms with Crippen LogP contribution >= 0.6 is 11.3 Å². The van der Waals surface area contributed by atoms with Crippen LogP contribution in [0.15, 0.2) is 21.9 Å². The van der Waals surface area contributed by atoms with Gasteiger partial charge in [-0.2, -0.15) is 21.6 Å². The zero-order chi connectivity index (χ0) is 23.0. The second-order valence-corrected chi connectivity index (χ2v) is 8.87. The SMILES string of the molecule is Cc1c(N[C@H]2CCNC2)cc(F)c(S(=O)(=O)N(OC(=O)C(F)(F)F)c2cscn2)c1F. The molecule has 1 saturated heterocycles. The molecule has 170 valence electrons. The number of nitrogens with one attached hydrogen (secondary N) is 2. The van der Waals surface area contributed by atoms with Gasteiger partial charge in [-0.05, 0) is 26.0 Å². The third-order valence-electron chi connectivity index (χ3n) is 4.32. The Balaban J connectivity index is 2.05. The summed E-state index contributed by atoms with van der Waals surface area (Å²) in [5, 5.41) is 6.85. The van der Waals surface area contributed by atoms with Gasteiger partial charge in [0.15, 0.2) is 16.5 Å². The van der Waals surface area contributed by atoms with Crippen LogP contribution in [0.1, 0.15) is 12.0 Å². The normalized spacial score (nSPS) is 16.9. The van der Waals surface area contributed by atoms with E-state index < -0.39 is 49.0 Å². The molecule has 0 radical (unpaired) electrons. The number of benzene rings is 1. The summed E-state index contributed by atoms with van der Waals surface area (Å²) in [5.74, 6) is -6.82. The quantitative estimate of drug-likeness (QED) is 0.478. The van der Waals surface area contributed by atoms with Gasteiger partial charge in [0.2, 0.25) is 0 Å². The van der Waals surface area contributed by atoms with Crippen LogP contribution < -0.4 is 15.1 Å². The smallest absolute Gasteiger partial charge is 0.381 e. The molecule has 0 aliphatic carbocycles. The van der Waals surface area contributed by atoms with Crippen LogP contribution in [0.5, 0.6) is 0 Å². The Morgan fingerprint density at radius 1 is 1.39 bits per heavy atom. The fourth-order valence-electron chi connectivity index (χ4n) is 2.80. The van der Waals surface area contributed by atoms with Crippen LogP contribution in [0.25, 0.3) is 0 Å². The van der Waals surface area contributed by atoms with Crippen LogP contribution in [0, 0.1) is 18.6 Å². The van der Waals surface area contributed by atoms with Gasteiger partial charge in [0.05, 0.1) is 5.51 Å². The summed E-state index contributed by atoms with van der Waals surface area (Å²) >= 11 is 0.752. The summed E-state index contributed by atoms with van der Waals surface area (Å²) in [4.78, 5) is 17.1. The predicted molar refractivity (Wildman–Crippen MR) is 99.9 cm³/mol. The summed E-state index contributed by atoms with van der Waals surface area (Å²) in [7, 11) is -5.46. The van der Waals surface area contributed by atoms with E-state index in [2.05, 4.69) is 20.5 Å². The Labute approximate surface area is 177 Å². The first-order valence-corrected chi connectivity index (χ1v) is 11.0. The average molecular weight is 486 g/mol. The second kappa shape index (κ2) is 8.55. The van der Waals surface area contributed by atoms with E-state index in [0.717, 1.165) is 22.2 Å². The molecule has 2 N–H and O–H groups in total. The molecule has 15 heteroatoms. The zero-order valence-corrected chi connectivity index (χ0v) is 17.3. The van der Waals surface area contributed by atoms with E-state index in [-0.39, 0.29) is 17.3 Å². The maximum Gasteiger partial charge on any atom is 0.493 e. The fourth-order valence-corrected chi connectivity index (χ4v) is 4.74. The van der Waals surface area contributed by atoms with Crippen LogP contribution in [0.4, 0.5) is 33.5 Å². The number of aromatic nitrogens is 1. The minimum atomic E-state index is -5.57. The molecule has 31 heavy (non-hydrogen) atoms. The molecular weight excluding hydrogens is 471 g/mol. The van der Waals surface area contributed by atoms with Crippen LogP contribution in [-0.2, 0) is 19.7 Å². The van der Waals surface area contributed by atoms with Gasteiger partial charge in [0, 0.05) is 29.2 Å². The second-order valence-electron chi connectivity index (χ2n) is 6.46. The Morgan fingerprint density at radius 3 is 2.65 bits per heavy atom. The number of rotatable bonds is 6. The van der Waals surface area contributed by atoms with Gasteiger partial charge in [0.1, 0.15) is 5.82 Å². The number of halogens is 5. The third kappa shape index (κ3) is 4.72. The standard InChI is InChI=1S/C16H15F5N4O4S2/c1-8-11(24-9-2-3-22-5-9)4-10(17)14(13(8)18)31(27,28)25(12-6-30-7-23-12)29-15(26)16(19,20)21/h4,6-7,9,22,24H,2-3,5H2,1H3/t9-/m0/s1. The number of sulfonamides is 1. The average Bonchev–Trinajstić information content (AvgIpc) is 3.36. The molecule has 0 bridgehead atoms. The lowest BCUT2D eigenvalue weighted by Crippen LogP contribution is -2.39. The molecule has 2 aromatic rings. The van der Waals surface area contributed by atoms with Crippen molar-refractivity contribution >= 4 is 38.8 Å². The fraction of sp³-hybridized carbons (Fsp3) is 0.375. The van der Waals surface area contributed by atoms with Crippen molar-refractivity contribution in [2.75, 3.05) is 22.9 Å². The van der Waals surface area contributed by atoms with Crippen molar-refractivity contribution in [3.8, 4) is 0 Å². The molecule has 0 saturated carbocycles. The predicted octanol–water partition coefficient (Wildman–Crippen LogP) is 2.72. The maximum atomic E-state index is 15.0. The maximum absolute atomic E-state index is 15.0. The van der Waals surface area contributed by atoms with E-state index in [0.29, 0.717) is 25.6 Å². The lowest BCUT2D eigenvalue weighted by Gasteiger charge is -2.23. The minimum absolute atomic E-state index is 0.0184. The van der Waals surface area contributed by atoms with E-state index >= 15 is 0 Å². The minimum Gasteiger partial charge on any atom is -0.381 e. The molecule has 8 nitrogen and oxygen atoms in total. The molecule has 0 amide bonds. The summed E-state index contributed by atoms with van der Waals surface area (Å²) in [5.41, 5.74) is 0.724. The van der Waals surface area contributed by atoms with Gasteiger partial charge < -0.3 is 15.5 Å². The van der Waals surface area contributed by atoms with Crippen molar-refractivity contribution in [2.45, 2.75) is 30.5 Å². The van der Waals surface area contributed by atoms with Crippen molar-refractivity contribution in [3.05, 3.63) is 34.2 Å². The summed E-state index contributed by atoms with van der Waals surface area (Å²) < 4.78 is 92.9. The first-order chi connectivity index (χ1) is 14.4. The monoisotopic (exact) mass is 486 g/mol. The molecule has 2 heterocycles. The molecule has 0 unspecified atom stereocenters. The highest BCUT2D eigenvalue weighted by molar-refractivity contribution is 7.92. The molecule has 1 aromatic carbocycles. The number of anilines is 2. The Bertz CT molecular complexity index is 1070. The van der Waals surface area contributed by atoms with E-state index in [4.69, 9.17) is 0 Å². The van der Waals surface area contributed by atoms with Crippen LogP contribution in [-0.4, -0.2) is 44.7 Å². The molecule has 1 atom stereocenters. The number of nitrogens with zero attached hydrogens (tertiary/aromatic N) is 2. The first kappa shape index (κ1) is 23.1. The van der Waals surface area contributed by atoms with Crippen LogP contribution in [0.2, 0.25) is 0 Å².